The van der Waals surface area contributed by atoms with Gasteiger partial charge in [0.05, 0.1) is 0 Å². The number of hydrogen-bond donors (Lipinski definition) is 1. The van der Waals surface area contributed by atoms with Crippen LogP contribution in [0.4, 0.5) is 0 Å². The van der Waals surface area contributed by atoms with Crippen molar-refractivity contribution in [1.29, 1.82) is 0 Å². The number of piperidine rings is 1. The number of carboxylic acids is 1. The van der Waals surface area contributed by atoms with Gasteiger partial charge in [0.2, 0.25) is 5.91 Å². The number of amides is 2. The lowest BCUT2D eigenvalue weighted by atomic mass is 9.93. The van der Waals surface area contributed by atoms with Crippen molar-refractivity contribution in [3.8, 4) is 0 Å². The van der Waals surface area contributed by atoms with E-state index in [9.17, 15) is 19.5 Å². The topological polar surface area (TPSA) is 77.9 Å². The number of likely N-dealkylation sites (tertiary alicyclic amines) is 1. The minimum absolute atomic E-state index is 0.0302. The molecule has 1 aliphatic heterocycles. The number of aliphatic carboxylic acids is 1. The molecule has 1 atom stereocenters. The zero-order valence-electron chi connectivity index (χ0n) is 16.5. The van der Waals surface area contributed by atoms with Crippen LogP contribution in [0.5, 0.6) is 0 Å². The molecule has 0 radical (unpaired) electrons. The van der Waals surface area contributed by atoms with Crippen LogP contribution in [0.25, 0.3) is 0 Å². The highest BCUT2D eigenvalue weighted by Gasteiger charge is 2.34. The van der Waals surface area contributed by atoms with Crippen LogP contribution in [-0.2, 0) is 16.0 Å². The summed E-state index contributed by atoms with van der Waals surface area (Å²) in [7, 11) is 1.56. The van der Waals surface area contributed by atoms with Gasteiger partial charge in [-0.1, -0.05) is 48.5 Å². The molecule has 2 aromatic rings. The maximum atomic E-state index is 12.9. The first kappa shape index (κ1) is 20.6. The van der Waals surface area contributed by atoms with E-state index in [4.69, 9.17) is 0 Å². The first-order chi connectivity index (χ1) is 14.0. The molecule has 1 aliphatic rings. The summed E-state index contributed by atoms with van der Waals surface area (Å²) in [6.45, 7) is 0.989. The molecular formula is C23H26N2O4. The van der Waals surface area contributed by atoms with E-state index < -0.39 is 12.0 Å². The van der Waals surface area contributed by atoms with Gasteiger partial charge in [-0.15, -0.1) is 0 Å². The maximum Gasteiger partial charge on any atom is 0.326 e. The number of nitrogens with zero attached hydrogens (tertiary/aromatic N) is 2. The predicted octanol–water partition coefficient (Wildman–Crippen LogP) is 2.69. The largest absolute Gasteiger partial charge is 0.480 e. The molecule has 6 nitrogen and oxygen atoms in total. The zero-order chi connectivity index (χ0) is 20.8. The van der Waals surface area contributed by atoms with Gasteiger partial charge in [-0.2, -0.15) is 0 Å². The zero-order valence-corrected chi connectivity index (χ0v) is 16.5. The molecule has 0 aliphatic carbocycles. The fourth-order valence-corrected chi connectivity index (χ4v) is 3.76. The molecule has 0 aromatic heterocycles. The van der Waals surface area contributed by atoms with Crippen molar-refractivity contribution in [2.24, 2.45) is 5.92 Å². The van der Waals surface area contributed by atoms with E-state index in [0.29, 0.717) is 31.5 Å². The van der Waals surface area contributed by atoms with Crippen LogP contribution in [0.1, 0.15) is 28.8 Å². The summed E-state index contributed by atoms with van der Waals surface area (Å²) in [6.07, 6.45) is 1.35. The van der Waals surface area contributed by atoms with E-state index in [2.05, 4.69) is 0 Å². The van der Waals surface area contributed by atoms with Crippen LogP contribution in [0, 0.1) is 5.92 Å². The molecule has 0 saturated carbocycles. The standard InChI is InChI=1S/C23H26N2O4/c1-24(20(23(28)29)16-17-8-4-2-5-9-17)21(26)19-12-14-25(15-13-19)22(27)18-10-6-3-7-11-18/h2-11,19-20H,12-16H2,1H3,(H,28,29). The Morgan fingerprint density at radius 1 is 1.00 bits per heavy atom. The number of rotatable bonds is 6. The Morgan fingerprint density at radius 3 is 2.10 bits per heavy atom. The van der Waals surface area contributed by atoms with Gasteiger partial charge in [0, 0.05) is 38.0 Å². The summed E-state index contributed by atoms with van der Waals surface area (Å²) in [5, 5.41) is 9.65. The quantitative estimate of drug-likeness (QED) is 0.817. The third kappa shape index (κ3) is 5.02. The predicted molar refractivity (Wildman–Crippen MR) is 109 cm³/mol. The lowest BCUT2D eigenvalue weighted by Crippen LogP contribution is -2.49. The summed E-state index contributed by atoms with van der Waals surface area (Å²) in [5.74, 6) is -1.48. The van der Waals surface area contributed by atoms with E-state index in [1.165, 1.54) is 4.90 Å². The van der Waals surface area contributed by atoms with Crippen LogP contribution >= 0.6 is 0 Å². The molecule has 1 fully saturated rings. The number of hydrogen-bond acceptors (Lipinski definition) is 3. The molecular weight excluding hydrogens is 368 g/mol. The molecule has 0 bridgehead atoms. The van der Waals surface area contributed by atoms with Gasteiger partial charge in [-0.05, 0) is 30.5 Å². The van der Waals surface area contributed by atoms with Crippen molar-refractivity contribution in [3.05, 3.63) is 71.8 Å². The molecule has 1 unspecified atom stereocenters. The molecule has 2 amide bonds. The molecule has 0 spiro atoms. The Hall–Kier alpha value is -3.15. The summed E-state index contributed by atoms with van der Waals surface area (Å²) < 4.78 is 0. The Kier molecular flexibility index (Phi) is 6.65. The van der Waals surface area contributed by atoms with Crippen LogP contribution in [0.2, 0.25) is 0 Å². The molecule has 1 N–H and O–H groups in total. The number of likely N-dealkylation sites (N-methyl/N-ethyl adjacent to an activating group) is 1. The fraction of sp³-hybridized carbons (Fsp3) is 0.348. The highest BCUT2D eigenvalue weighted by atomic mass is 16.4. The number of benzene rings is 2. The van der Waals surface area contributed by atoms with Gasteiger partial charge in [0.25, 0.3) is 5.91 Å². The van der Waals surface area contributed by atoms with Gasteiger partial charge < -0.3 is 14.9 Å². The Labute approximate surface area is 170 Å². The van der Waals surface area contributed by atoms with Gasteiger partial charge in [-0.3, -0.25) is 9.59 Å². The third-order valence-corrected chi connectivity index (χ3v) is 5.52. The van der Waals surface area contributed by atoms with Gasteiger partial charge in [0.1, 0.15) is 6.04 Å². The molecule has 6 heteroatoms. The van der Waals surface area contributed by atoms with E-state index >= 15 is 0 Å². The Morgan fingerprint density at radius 2 is 1.55 bits per heavy atom. The highest BCUT2D eigenvalue weighted by molar-refractivity contribution is 5.94. The minimum atomic E-state index is -1.01. The second-order valence-electron chi connectivity index (χ2n) is 7.43. The Bertz CT molecular complexity index is 846. The van der Waals surface area contributed by atoms with Crippen LogP contribution in [-0.4, -0.2) is 58.9 Å². The monoisotopic (exact) mass is 394 g/mol. The van der Waals surface area contributed by atoms with Crippen molar-refractivity contribution in [3.63, 3.8) is 0 Å². The maximum absolute atomic E-state index is 12.9. The number of carbonyl (C=O) groups is 3. The van der Waals surface area contributed by atoms with Crippen molar-refractivity contribution in [2.75, 3.05) is 20.1 Å². The molecule has 1 saturated heterocycles. The summed E-state index contributed by atoms with van der Waals surface area (Å²) >= 11 is 0. The smallest absolute Gasteiger partial charge is 0.326 e. The second-order valence-corrected chi connectivity index (χ2v) is 7.43. The summed E-state index contributed by atoms with van der Waals surface area (Å²) in [6, 6.07) is 17.5. The average molecular weight is 394 g/mol. The molecule has 152 valence electrons. The van der Waals surface area contributed by atoms with Gasteiger partial charge >= 0.3 is 5.97 Å². The first-order valence-electron chi connectivity index (χ1n) is 9.85. The van der Waals surface area contributed by atoms with Crippen LogP contribution in [0.3, 0.4) is 0 Å². The number of carboxylic acid groups (broad SMARTS) is 1. The molecule has 29 heavy (non-hydrogen) atoms. The van der Waals surface area contributed by atoms with E-state index in [1.54, 1.807) is 24.1 Å². The van der Waals surface area contributed by atoms with Crippen molar-refractivity contribution >= 4 is 17.8 Å². The van der Waals surface area contributed by atoms with Crippen LogP contribution < -0.4 is 0 Å². The SMILES string of the molecule is CN(C(=O)C1CCN(C(=O)c2ccccc2)CC1)C(Cc1ccccc1)C(=O)O. The third-order valence-electron chi connectivity index (χ3n) is 5.52. The normalized spacial score (nSPS) is 15.6. The first-order valence-corrected chi connectivity index (χ1v) is 9.85. The minimum Gasteiger partial charge on any atom is -0.480 e. The van der Waals surface area contributed by atoms with Crippen LogP contribution in [0.15, 0.2) is 60.7 Å². The molecule has 2 aromatic carbocycles. The highest BCUT2D eigenvalue weighted by Crippen LogP contribution is 2.22. The Balaban J connectivity index is 1.60. The lowest BCUT2D eigenvalue weighted by Gasteiger charge is -2.35. The van der Waals surface area contributed by atoms with Crippen molar-refractivity contribution in [2.45, 2.75) is 25.3 Å². The summed E-state index contributed by atoms with van der Waals surface area (Å²) in [5.41, 5.74) is 1.52. The number of carbonyl (C=O) groups excluding carboxylic acids is 2. The lowest BCUT2D eigenvalue weighted by molar-refractivity contribution is -0.151. The molecule has 3 rings (SSSR count). The van der Waals surface area contributed by atoms with Gasteiger partial charge in [-0.25, -0.2) is 4.79 Å². The van der Waals surface area contributed by atoms with Crippen molar-refractivity contribution in [1.82, 2.24) is 9.80 Å². The fourth-order valence-electron chi connectivity index (χ4n) is 3.76. The summed E-state index contributed by atoms with van der Waals surface area (Å²) in [4.78, 5) is 40.4. The molecule has 1 heterocycles. The second kappa shape index (κ2) is 9.37. The van der Waals surface area contributed by atoms with Crippen molar-refractivity contribution < 1.29 is 19.5 Å². The van der Waals surface area contributed by atoms with E-state index in [-0.39, 0.29) is 24.2 Å². The van der Waals surface area contributed by atoms with E-state index in [0.717, 1.165) is 5.56 Å². The van der Waals surface area contributed by atoms with Gasteiger partial charge in [0.15, 0.2) is 0 Å². The van der Waals surface area contributed by atoms with E-state index in [1.807, 2.05) is 48.5 Å². The average Bonchev–Trinajstić information content (AvgIpc) is 2.77.